The predicted octanol–water partition coefficient (Wildman–Crippen LogP) is 4.53. The molecule has 4 unspecified atom stereocenters. The molecule has 4 atom stereocenters. The molecule has 0 N–H and O–H groups in total. The molecule has 3 aliphatic heterocycles. The highest BCUT2D eigenvalue weighted by Gasteiger charge is 2.41. The summed E-state index contributed by atoms with van der Waals surface area (Å²) in [5.41, 5.74) is 0.481. The van der Waals surface area contributed by atoms with Crippen LogP contribution in [0.1, 0.15) is 74.1 Å². The van der Waals surface area contributed by atoms with Crippen molar-refractivity contribution in [1.82, 2.24) is 4.90 Å². The molecule has 30 heavy (non-hydrogen) atoms. The molecule has 3 rings (SSSR count). The van der Waals surface area contributed by atoms with Gasteiger partial charge in [-0.3, -0.25) is 4.90 Å². The maximum Gasteiger partial charge on any atom is 0.0865 e. The second kappa shape index (κ2) is 9.74. The summed E-state index contributed by atoms with van der Waals surface area (Å²) in [5.74, 6) is 0.734. The van der Waals surface area contributed by atoms with Gasteiger partial charge in [-0.15, -0.1) is 0 Å². The van der Waals surface area contributed by atoms with Gasteiger partial charge in [0.05, 0.1) is 44.7 Å². The molecule has 176 valence electrons. The fourth-order valence-corrected chi connectivity index (χ4v) is 5.52. The van der Waals surface area contributed by atoms with Crippen LogP contribution in [0.25, 0.3) is 0 Å². The van der Waals surface area contributed by atoms with E-state index in [2.05, 4.69) is 53.4 Å². The predicted molar refractivity (Wildman–Crippen MR) is 121 cm³/mol. The molecule has 0 aromatic carbocycles. The zero-order chi connectivity index (χ0) is 22.0. The lowest BCUT2D eigenvalue weighted by Crippen LogP contribution is -2.54. The first kappa shape index (κ1) is 24.4. The topological polar surface area (TPSA) is 40.2 Å². The van der Waals surface area contributed by atoms with Crippen LogP contribution in [0.4, 0.5) is 0 Å². The molecule has 0 aromatic rings. The van der Waals surface area contributed by atoms with E-state index >= 15 is 0 Å². The summed E-state index contributed by atoms with van der Waals surface area (Å²) in [4.78, 5) is 2.54. The summed E-state index contributed by atoms with van der Waals surface area (Å²) in [6.45, 7) is 22.4. The Hall–Kier alpha value is -0.200. The summed E-state index contributed by atoms with van der Waals surface area (Å²) >= 11 is 0. The van der Waals surface area contributed by atoms with Gasteiger partial charge in [0, 0.05) is 25.2 Å². The first-order chi connectivity index (χ1) is 14.0. The molecule has 0 spiro atoms. The molecular formula is C25H47NO4. The molecule has 0 aliphatic carbocycles. The Bertz CT molecular complexity index is 536. The first-order valence-electron chi connectivity index (χ1n) is 12.1. The Kier molecular flexibility index (Phi) is 7.94. The minimum atomic E-state index is 0.0339. The number of hydrogen-bond acceptors (Lipinski definition) is 5. The van der Waals surface area contributed by atoms with Crippen molar-refractivity contribution in [2.45, 2.75) is 98.0 Å². The van der Waals surface area contributed by atoms with Crippen LogP contribution in [0.2, 0.25) is 0 Å². The third-order valence-corrected chi connectivity index (χ3v) is 7.74. The van der Waals surface area contributed by atoms with Crippen LogP contribution < -0.4 is 0 Å². The second-order valence-electron chi connectivity index (χ2n) is 12.2. The Morgan fingerprint density at radius 1 is 0.800 bits per heavy atom. The highest BCUT2D eigenvalue weighted by molar-refractivity contribution is 4.91. The molecule has 3 saturated heterocycles. The largest absolute Gasteiger partial charge is 0.379 e. The van der Waals surface area contributed by atoms with E-state index < -0.39 is 0 Å². The van der Waals surface area contributed by atoms with E-state index in [0.717, 1.165) is 58.1 Å². The molecule has 0 amide bonds. The van der Waals surface area contributed by atoms with Crippen molar-refractivity contribution in [3.8, 4) is 0 Å². The van der Waals surface area contributed by atoms with E-state index in [1.807, 2.05) is 0 Å². The lowest BCUT2D eigenvalue weighted by Gasteiger charge is -2.47. The number of nitrogens with zero attached hydrogens (tertiary/aromatic N) is 1. The first-order valence-corrected chi connectivity index (χ1v) is 12.1. The standard InChI is InChI=1S/C25H47NO4/c1-23(2,3)19-8-11-29-20(14-19)15-24(4,5)22-18-28-17-21(30-22)16-25(6,7)26-9-12-27-13-10-26/h19-22H,8-18H2,1-7H3. The van der Waals surface area contributed by atoms with E-state index in [1.54, 1.807) is 0 Å². The molecule has 3 aliphatic rings. The highest BCUT2D eigenvalue weighted by Crippen LogP contribution is 2.41. The molecule has 5 nitrogen and oxygen atoms in total. The second-order valence-corrected chi connectivity index (χ2v) is 12.2. The van der Waals surface area contributed by atoms with E-state index in [4.69, 9.17) is 18.9 Å². The van der Waals surface area contributed by atoms with Gasteiger partial charge in [-0.05, 0) is 56.3 Å². The molecule has 3 fully saturated rings. The van der Waals surface area contributed by atoms with Crippen LogP contribution in [0, 0.1) is 16.7 Å². The summed E-state index contributed by atoms with van der Waals surface area (Å²) in [7, 11) is 0. The normalized spacial score (nSPS) is 32.9. The maximum absolute atomic E-state index is 6.68. The Morgan fingerprint density at radius 2 is 1.50 bits per heavy atom. The van der Waals surface area contributed by atoms with Gasteiger partial charge in [-0.2, -0.15) is 0 Å². The zero-order valence-electron chi connectivity index (χ0n) is 20.7. The van der Waals surface area contributed by atoms with Gasteiger partial charge >= 0.3 is 0 Å². The average molecular weight is 426 g/mol. The van der Waals surface area contributed by atoms with E-state index in [9.17, 15) is 0 Å². The fourth-order valence-electron chi connectivity index (χ4n) is 5.52. The minimum Gasteiger partial charge on any atom is -0.379 e. The molecule has 0 aromatic heterocycles. The molecule has 0 saturated carbocycles. The lowest BCUT2D eigenvalue weighted by molar-refractivity contribution is -0.193. The minimum absolute atomic E-state index is 0.0339. The lowest BCUT2D eigenvalue weighted by atomic mass is 9.72. The summed E-state index contributed by atoms with van der Waals surface area (Å²) in [5, 5.41) is 0. The smallest absolute Gasteiger partial charge is 0.0865 e. The average Bonchev–Trinajstić information content (AvgIpc) is 2.68. The van der Waals surface area contributed by atoms with Crippen LogP contribution in [0.15, 0.2) is 0 Å². The van der Waals surface area contributed by atoms with Crippen molar-refractivity contribution in [2.75, 3.05) is 46.1 Å². The molecular weight excluding hydrogens is 378 g/mol. The van der Waals surface area contributed by atoms with Gasteiger partial charge in [0.1, 0.15) is 0 Å². The molecule has 3 heterocycles. The van der Waals surface area contributed by atoms with E-state index in [0.29, 0.717) is 24.7 Å². The maximum atomic E-state index is 6.68. The van der Waals surface area contributed by atoms with E-state index in [-0.39, 0.29) is 23.2 Å². The zero-order valence-corrected chi connectivity index (χ0v) is 20.7. The fraction of sp³-hybridized carbons (Fsp3) is 1.00. The monoisotopic (exact) mass is 425 g/mol. The van der Waals surface area contributed by atoms with Crippen LogP contribution in [-0.4, -0.2) is 74.9 Å². The van der Waals surface area contributed by atoms with Crippen LogP contribution >= 0.6 is 0 Å². The quantitative estimate of drug-likeness (QED) is 0.625. The summed E-state index contributed by atoms with van der Waals surface area (Å²) in [6.07, 6.45) is 4.96. The van der Waals surface area contributed by atoms with Crippen molar-refractivity contribution in [3.63, 3.8) is 0 Å². The Labute approximate surface area is 185 Å². The SMILES string of the molecule is CC(C)(C)C1CCOC(CC(C)(C)C2COCC(CC(C)(C)N3CCOCC3)O2)C1. The van der Waals surface area contributed by atoms with Crippen LogP contribution in [-0.2, 0) is 18.9 Å². The van der Waals surface area contributed by atoms with Gasteiger partial charge in [-0.1, -0.05) is 34.6 Å². The number of morpholine rings is 1. The van der Waals surface area contributed by atoms with Gasteiger partial charge < -0.3 is 18.9 Å². The van der Waals surface area contributed by atoms with Crippen molar-refractivity contribution >= 4 is 0 Å². The van der Waals surface area contributed by atoms with Gasteiger partial charge in [-0.25, -0.2) is 0 Å². The van der Waals surface area contributed by atoms with Crippen molar-refractivity contribution in [2.24, 2.45) is 16.7 Å². The molecule has 0 radical (unpaired) electrons. The number of rotatable bonds is 6. The Morgan fingerprint density at radius 3 is 2.17 bits per heavy atom. The number of hydrogen-bond donors (Lipinski definition) is 0. The van der Waals surface area contributed by atoms with Gasteiger partial charge in [0.25, 0.3) is 0 Å². The third kappa shape index (κ3) is 6.41. The van der Waals surface area contributed by atoms with Crippen molar-refractivity contribution < 1.29 is 18.9 Å². The summed E-state index contributed by atoms with van der Waals surface area (Å²) < 4.78 is 24.5. The summed E-state index contributed by atoms with van der Waals surface area (Å²) in [6, 6.07) is 0. The van der Waals surface area contributed by atoms with Crippen molar-refractivity contribution in [3.05, 3.63) is 0 Å². The highest BCUT2D eigenvalue weighted by atomic mass is 16.6. The van der Waals surface area contributed by atoms with E-state index in [1.165, 1.54) is 6.42 Å². The van der Waals surface area contributed by atoms with Gasteiger partial charge in [0.2, 0.25) is 0 Å². The third-order valence-electron chi connectivity index (χ3n) is 7.74. The Balaban J connectivity index is 1.55. The van der Waals surface area contributed by atoms with Crippen LogP contribution in [0.3, 0.4) is 0 Å². The number of ether oxygens (including phenoxy) is 4. The van der Waals surface area contributed by atoms with Crippen molar-refractivity contribution in [1.29, 1.82) is 0 Å². The molecule has 0 bridgehead atoms. The molecule has 5 heteroatoms. The van der Waals surface area contributed by atoms with Gasteiger partial charge in [0.15, 0.2) is 0 Å². The van der Waals surface area contributed by atoms with Crippen LogP contribution in [0.5, 0.6) is 0 Å².